The van der Waals surface area contributed by atoms with Gasteiger partial charge in [-0.1, -0.05) is 6.07 Å². The Morgan fingerprint density at radius 2 is 2.05 bits per heavy atom. The van der Waals surface area contributed by atoms with Crippen molar-refractivity contribution in [2.24, 2.45) is 0 Å². The number of nitrogens with zero attached hydrogens (tertiary/aromatic N) is 1. The van der Waals surface area contributed by atoms with E-state index in [9.17, 15) is 14.7 Å². The molecule has 0 unspecified atom stereocenters. The van der Waals surface area contributed by atoms with E-state index < -0.39 is 11.2 Å². The van der Waals surface area contributed by atoms with Crippen molar-refractivity contribution in [2.75, 3.05) is 6.79 Å². The van der Waals surface area contributed by atoms with Gasteiger partial charge in [0.1, 0.15) is 0 Å². The largest absolute Gasteiger partial charge is 0.494 e. The van der Waals surface area contributed by atoms with Crippen molar-refractivity contribution < 1.29 is 14.6 Å². The molecule has 2 heterocycles. The van der Waals surface area contributed by atoms with Crippen molar-refractivity contribution in [1.82, 2.24) is 9.55 Å². The minimum atomic E-state index is -0.657. The average molecular weight is 276 g/mol. The number of benzene rings is 1. The van der Waals surface area contributed by atoms with Gasteiger partial charge in [-0.05, 0) is 24.6 Å². The maximum Gasteiger partial charge on any atom is 0.331 e. The molecule has 2 N–H and O–H groups in total. The Labute approximate surface area is 113 Å². The molecular weight excluding hydrogens is 264 g/mol. The second kappa shape index (κ2) is 4.44. The van der Waals surface area contributed by atoms with E-state index in [-0.39, 0.29) is 24.8 Å². The van der Waals surface area contributed by atoms with Crippen LogP contribution in [0.5, 0.6) is 17.4 Å². The van der Waals surface area contributed by atoms with Gasteiger partial charge < -0.3 is 14.6 Å². The van der Waals surface area contributed by atoms with Crippen LogP contribution in [0.2, 0.25) is 0 Å². The molecule has 0 atom stereocenters. The molecule has 3 rings (SSSR count). The van der Waals surface area contributed by atoms with Crippen molar-refractivity contribution >= 4 is 0 Å². The van der Waals surface area contributed by atoms with Gasteiger partial charge in [-0.3, -0.25) is 14.3 Å². The first-order chi connectivity index (χ1) is 9.56. The number of aromatic amines is 1. The van der Waals surface area contributed by atoms with Gasteiger partial charge in [0.25, 0.3) is 5.56 Å². The zero-order valence-electron chi connectivity index (χ0n) is 10.7. The van der Waals surface area contributed by atoms with Crippen molar-refractivity contribution in [3.63, 3.8) is 0 Å². The molecule has 20 heavy (non-hydrogen) atoms. The van der Waals surface area contributed by atoms with Crippen LogP contribution in [-0.4, -0.2) is 21.5 Å². The summed E-state index contributed by atoms with van der Waals surface area (Å²) in [5, 5.41) is 9.90. The smallest absolute Gasteiger partial charge is 0.331 e. The topological polar surface area (TPSA) is 93.6 Å². The second-order valence-corrected chi connectivity index (χ2v) is 4.48. The van der Waals surface area contributed by atoms with Crippen molar-refractivity contribution in [3.05, 3.63) is 50.2 Å². The summed E-state index contributed by atoms with van der Waals surface area (Å²) in [5.41, 5.74) is -0.395. The molecule has 0 radical (unpaired) electrons. The van der Waals surface area contributed by atoms with Crippen LogP contribution >= 0.6 is 0 Å². The first kappa shape index (κ1) is 12.3. The first-order valence-corrected chi connectivity index (χ1v) is 5.97. The maximum absolute atomic E-state index is 11.7. The third-order valence-electron chi connectivity index (χ3n) is 3.17. The van der Waals surface area contributed by atoms with E-state index in [1.807, 2.05) is 0 Å². The summed E-state index contributed by atoms with van der Waals surface area (Å²) in [4.78, 5) is 25.3. The molecule has 0 fully saturated rings. The van der Waals surface area contributed by atoms with Crippen LogP contribution in [0.3, 0.4) is 0 Å². The third-order valence-corrected chi connectivity index (χ3v) is 3.17. The van der Waals surface area contributed by atoms with Gasteiger partial charge in [0.05, 0.1) is 12.1 Å². The van der Waals surface area contributed by atoms with Crippen molar-refractivity contribution in [2.45, 2.75) is 13.5 Å². The number of ether oxygens (including phenoxy) is 2. The number of nitrogens with one attached hydrogen (secondary N) is 1. The Morgan fingerprint density at radius 1 is 1.30 bits per heavy atom. The normalized spacial score (nSPS) is 12.7. The maximum atomic E-state index is 11.7. The highest BCUT2D eigenvalue weighted by atomic mass is 16.7. The molecule has 1 aliphatic heterocycles. The minimum Gasteiger partial charge on any atom is -0.494 e. The lowest BCUT2D eigenvalue weighted by Crippen LogP contribution is -2.31. The molecule has 0 amide bonds. The second-order valence-electron chi connectivity index (χ2n) is 4.48. The molecule has 2 aromatic rings. The Morgan fingerprint density at radius 3 is 2.85 bits per heavy atom. The summed E-state index contributed by atoms with van der Waals surface area (Å²) in [6, 6.07) is 5.23. The molecule has 1 aromatic heterocycles. The number of aromatic nitrogens is 2. The minimum absolute atomic E-state index is 0.102. The summed E-state index contributed by atoms with van der Waals surface area (Å²) < 4.78 is 11.5. The predicted octanol–water partition coefficient (Wildman–Crippen LogP) is 0.328. The summed E-state index contributed by atoms with van der Waals surface area (Å²) in [7, 11) is 0. The van der Waals surface area contributed by atoms with Gasteiger partial charge in [-0.25, -0.2) is 4.79 Å². The monoisotopic (exact) mass is 276 g/mol. The van der Waals surface area contributed by atoms with Gasteiger partial charge >= 0.3 is 5.69 Å². The van der Waals surface area contributed by atoms with E-state index in [1.54, 1.807) is 18.2 Å². The van der Waals surface area contributed by atoms with Crippen LogP contribution in [0.1, 0.15) is 11.1 Å². The van der Waals surface area contributed by atoms with Crippen molar-refractivity contribution in [3.8, 4) is 17.4 Å². The summed E-state index contributed by atoms with van der Waals surface area (Å²) in [6.45, 7) is 1.74. The lowest BCUT2D eigenvalue weighted by Gasteiger charge is -2.10. The van der Waals surface area contributed by atoms with Crippen LogP contribution in [0, 0.1) is 6.92 Å². The van der Waals surface area contributed by atoms with Gasteiger partial charge in [0, 0.05) is 0 Å². The van der Waals surface area contributed by atoms with E-state index in [4.69, 9.17) is 9.47 Å². The fraction of sp³-hybridized carbons (Fsp3) is 0.231. The molecule has 0 bridgehead atoms. The lowest BCUT2D eigenvalue weighted by atomic mass is 10.2. The number of hydrogen-bond donors (Lipinski definition) is 2. The molecular formula is C13H12N2O5. The van der Waals surface area contributed by atoms with E-state index in [2.05, 4.69) is 4.98 Å². The molecule has 104 valence electrons. The van der Waals surface area contributed by atoms with E-state index in [0.29, 0.717) is 11.5 Å². The van der Waals surface area contributed by atoms with Crippen LogP contribution < -0.4 is 20.7 Å². The highest BCUT2D eigenvalue weighted by Crippen LogP contribution is 2.32. The molecule has 1 aromatic carbocycles. The molecule has 0 saturated heterocycles. The molecule has 0 saturated carbocycles. The van der Waals surface area contributed by atoms with Gasteiger partial charge in [-0.2, -0.15) is 0 Å². The number of hydrogen-bond acceptors (Lipinski definition) is 5. The predicted molar refractivity (Wildman–Crippen MR) is 69.4 cm³/mol. The van der Waals surface area contributed by atoms with Gasteiger partial charge in [0.2, 0.25) is 12.7 Å². The van der Waals surface area contributed by atoms with Gasteiger partial charge in [0.15, 0.2) is 11.5 Å². The fourth-order valence-corrected chi connectivity index (χ4v) is 2.03. The molecule has 0 spiro atoms. The van der Waals surface area contributed by atoms with Crippen LogP contribution in [0.4, 0.5) is 0 Å². The summed E-state index contributed by atoms with van der Waals surface area (Å²) in [5.74, 6) is 0.899. The summed E-state index contributed by atoms with van der Waals surface area (Å²) >= 11 is 0. The molecule has 0 aliphatic carbocycles. The molecule has 7 nitrogen and oxygen atoms in total. The Hall–Kier alpha value is -2.70. The van der Waals surface area contributed by atoms with Crippen LogP contribution in [0.25, 0.3) is 0 Å². The first-order valence-electron chi connectivity index (χ1n) is 5.97. The molecule has 1 aliphatic rings. The summed E-state index contributed by atoms with van der Waals surface area (Å²) in [6.07, 6.45) is 0. The average Bonchev–Trinajstić information content (AvgIpc) is 2.88. The van der Waals surface area contributed by atoms with E-state index >= 15 is 0 Å². The number of fused-ring (bicyclic) bond motifs is 1. The Kier molecular flexibility index (Phi) is 2.74. The number of rotatable bonds is 2. The Bertz CT molecular complexity index is 790. The van der Waals surface area contributed by atoms with Crippen LogP contribution in [0.15, 0.2) is 27.8 Å². The highest BCUT2D eigenvalue weighted by Gasteiger charge is 2.15. The number of H-pyrrole nitrogens is 1. The van der Waals surface area contributed by atoms with E-state index in [0.717, 1.165) is 10.1 Å². The van der Waals surface area contributed by atoms with E-state index in [1.165, 1.54) is 6.92 Å². The highest BCUT2D eigenvalue weighted by molar-refractivity contribution is 5.44. The number of aromatic hydroxyl groups is 1. The fourth-order valence-electron chi connectivity index (χ4n) is 2.03. The van der Waals surface area contributed by atoms with Crippen molar-refractivity contribution in [1.29, 1.82) is 0 Å². The molecule has 7 heteroatoms. The third kappa shape index (κ3) is 1.93. The van der Waals surface area contributed by atoms with Crippen LogP contribution in [-0.2, 0) is 6.54 Å². The SMILES string of the molecule is Cc1c(O)n(Cc2ccc3c(c2)OCO3)c(=O)[nH]c1=O. The zero-order chi connectivity index (χ0) is 14.3. The zero-order valence-corrected chi connectivity index (χ0v) is 10.7. The lowest BCUT2D eigenvalue weighted by molar-refractivity contribution is 0.174. The quantitative estimate of drug-likeness (QED) is 0.824. The van der Waals surface area contributed by atoms with Gasteiger partial charge in [-0.15, -0.1) is 0 Å². The Balaban J connectivity index is 2.02. The standard InChI is InChI=1S/C13H12N2O5/c1-7-11(16)14-13(18)15(12(7)17)5-8-2-3-9-10(4-8)20-6-19-9/h2-4,17H,5-6H2,1H3,(H,14,16,18).